The molecule has 1 rings (SSSR count). The number of hydrogen-bond donors (Lipinski definition) is 2. The summed E-state index contributed by atoms with van der Waals surface area (Å²) in [5, 5.41) is 28.6. The molecule has 1 aromatic rings. The molecule has 0 spiro atoms. The predicted molar refractivity (Wildman–Crippen MR) is 75.8 cm³/mol. The van der Waals surface area contributed by atoms with Gasteiger partial charge >= 0.3 is 5.69 Å². The molecule has 1 unspecified atom stereocenters. The number of aliphatic hydroxyl groups excluding tert-OH is 1. The Hall–Kier alpha value is -1.71. The quantitative estimate of drug-likeness (QED) is 0.620. The van der Waals surface area contributed by atoms with Crippen molar-refractivity contribution in [3.63, 3.8) is 0 Å². The fourth-order valence-corrected chi connectivity index (χ4v) is 2.16. The lowest BCUT2D eigenvalue weighted by atomic mass is 10.3. The van der Waals surface area contributed by atoms with Gasteiger partial charge in [-0.25, -0.2) is 8.42 Å². The number of nitrogens with zero attached hydrogens (tertiary/aromatic N) is 1. The Bertz CT molecular complexity index is 567. The third kappa shape index (κ3) is 5.66. The van der Waals surface area contributed by atoms with E-state index in [1.807, 2.05) is 13.8 Å². The van der Waals surface area contributed by atoms with E-state index in [0.717, 1.165) is 38.3 Å². The molecule has 0 heterocycles. The van der Waals surface area contributed by atoms with Crippen molar-refractivity contribution in [2.24, 2.45) is 0 Å². The van der Waals surface area contributed by atoms with E-state index in [0.29, 0.717) is 0 Å². The molecular formula is C12H19NO7S. The van der Waals surface area contributed by atoms with Crippen molar-refractivity contribution in [2.75, 3.05) is 13.2 Å². The molecule has 0 aromatic heterocycles. The molecule has 120 valence electrons. The van der Waals surface area contributed by atoms with Gasteiger partial charge in [-0.15, -0.1) is 0 Å². The van der Waals surface area contributed by atoms with Crippen molar-refractivity contribution < 1.29 is 28.3 Å². The zero-order chi connectivity index (χ0) is 16.6. The molecule has 0 saturated heterocycles. The third-order valence-electron chi connectivity index (χ3n) is 2.33. The first-order valence-corrected chi connectivity index (χ1v) is 7.70. The summed E-state index contributed by atoms with van der Waals surface area (Å²) in [6, 6.07) is 2.56. The third-order valence-corrected chi connectivity index (χ3v) is 4.14. The topological polar surface area (TPSA) is 127 Å². The van der Waals surface area contributed by atoms with Crippen molar-refractivity contribution in [3.05, 3.63) is 28.3 Å². The number of nitro groups is 1. The average Bonchev–Trinajstić information content (AvgIpc) is 2.39. The summed E-state index contributed by atoms with van der Waals surface area (Å²) >= 11 is 0. The highest BCUT2D eigenvalue weighted by atomic mass is 32.2. The van der Waals surface area contributed by atoms with Gasteiger partial charge in [0, 0.05) is 25.3 Å². The molecule has 0 aliphatic rings. The highest BCUT2D eigenvalue weighted by Gasteiger charge is 2.24. The lowest BCUT2D eigenvalue weighted by molar-refractivity contribution is -0.385. The molecule has 0 saturated carbocycles. The number of aromatic hydroxyl groups is 1. The van der Waals surface area contributed by atoms with E-state index in [2.05, 4.69) is 0 Å². The van der Waals surface area contributed by atoms with Crippen LogP contribution in [0.3, 0.4) is 0 Å². The van der Waals surface area contributed by atoms with Gasteiger partial charge in [-0.3, -0.25) is 10.1 Å². The van der Waals surface area contributed by atoms with Gasteiger partial charge in [-0.1, -0.05) is 0 Å². The van der Waals surface area contributed by atoms with Gasteiger partial charge in [-0.05, 0) is 26.8 Å². The molecule has 0 amide bonds. The molecule has 0 aliphatic heterocycles. The summed E-state index contributed by atoms with van der Waals surface area (Å²) < 4.78 is 27.7. The number of aliphatic hydroxyl groups is 1. The Morgan fingerprint density at radius 1 is 1.33 bits per heavy atom. The van der Waals surface area contributed by atoms with Crippen molar-refractivity contribution in [1.82, 2.24) is 0 Å². The van der Waals surface area contributed by atoms with Gasteiger partial charge in [0.1, 0.15) is 0 Å². The fraction of sp³-hybridized carbons (Fsp3) is 0.500. The molecule has 1 aromatic carbocycles. The lowest BCUT2D eigenvalue weighted by Gasteiger charge is -2.06. The molecule has 1 atom stereocenters. The zero-order valence-corrected chi connectivity index (χ0v) is 12.8. The smallest absolute Gasteiger partial charge is 0.310 e. The van der Waals surface area contributed by atoms with Crippen LogP contribution in [0.25, 0.3) is 0 Å². The van der Waals surface area contributed by atoms with Crippen LogP contribution in [0.15, 0.2) is 23.1 Å². The molecule has 0 radical (unpaired) electrons. The number of hydrogen-bond acceptors (Lipinski definition) is 7. The van der Waals surface area contributed by atoms with Crippen LogP contribution in [0.4, 0.5) is 5.69 Å². The fourth-order valence-electron chi connectivity index (χ4n) is 1.24. The van der Waals surface area contributed by atoms with Crippen molar-refractivity contribution in [3.8, 4) is 5.75 Å². The first kappa shape index (κ1) is 19.3. The standard InChI is InChI=1S/C8H9NO6S.C4H10O/c1-5(10)16(14,15)6-2-3-7(9(12)13)8(11)4-6;1-3-5-4-2/h2-5,10-11H,1H3;3-4H2,1-2H3. The minimum absolute atomic E-state index is 0.370. The largest absolute Gasteiger partial charge is 0.502 e. The molecule has 0 fully saturated rings. The van der Waals surface area contributed by atoms with Gasteiger partial charge in [0.15, 0.2) is 11.2 Å². The number of ether oxygens (including phenoxy) is 1. The van der Waals surface area contributed by atoms with E-state index in [1.54, 1.807) is 0 Å². The molecule has 9 heteroatoms. The van der Waals surface area contributed by atoms with E-state index in [-0.39, 0.29) is 4.90 Å². The highest BCUT2D eigenvalue weighted by molar-refractivity contribution is 7.91. The van der Waals surface area contributed by atoms with Crippen LogP contribution in [-0.2, 0) is 14.6 Å². The van der Waals surface area contributed by atoms with Crippen LogP contribution in [0.5, 0.6) is 5.75 Å². The van der Waals surface area contributed by atoms with Gasteiger partial charge in [-0.2, -0.15) is 0 Å². The van der Waals surface area contributed by atoms with Gasteiger partial charge in [0.25, 0.3) is 0 Å². The maximum absolute atomic E-state index is 11.4. The van der Waals surface area contributed by atoms with Gasteiger partial charge < -0.3 is 14.9 Å². The second kappa shape index (κ2) is 8.55. The van der Waals surface area contributed by atoms with Crippen molar-refractivity contribution in [1.29, 1.82) is 0 Å². The Balaban J connectivity index is 0.000000690. The number of phenolic OH excluding ortho intramolecular Hbond substituents is 1. The summed E-state index contributed by atoms with van der Waals surface area (Å²) in [6.07, 6.45) is 0. The van der Waals surface area contributed by atoms with E-state index in [9.17, 15) is 23.6 Å². The second-order valence-corrected chi connectivity index (χ2v) is 6.08. The predicted octanol–water partition coefficient (Wildman–Crippen LogP) is 1.46. The van der Waals surface area contributed by atoms with Crippen LogP contribution in [0, 0.1) is 10.1 Å². The summed E-state index contributed by atoms with van der Waals surface area (Å²) in [7, 11) is -3.97. The van der Waals surface area contributed by atoms with Crippen molar-refractivity contribution >= 4 is 15.5 Å². The minimum atomic E-state index is -3.97. The Morgan fingerprint density at radius 3 is 2.14 bits per heavy atom. The molecule has 8 nitrogen and oxygen atoms in total. The van der Waals surface area contributed by atoms with Crippen LogP contribution in [0.1, 0.15) is 20.8 Å². The van der Waals surface area contributed by atoms with Crippen LogP contribution < -0.4 is 0 Å². The summed E-state index contributed by atoms with van der Waals surface area (Å²) in [4.78, 5) is 9.15. The molecule has 0 bridgehead atoms. The first-order chi connectivity index (χ1) is 9.68. The minimum Gasteiger partial charge on any atom is -0.502 e. The van der Waals surface area contributed by atoms with Crippen LogP contribution in [-0.4, -0.2) is 42.2 Å². The number of rotatable bonds is 5. The lowest BCUT2D eigenvalue weighted by Crippen LogP contribution is -2.16. The normalized spacial score (nSPS) is 12.2. The van der Waals surface area contributed by atoms with E-state index in [4.69, 9.17) is 9.84 Å². The number of sulfone groups is 1. The van der Waals surface area contributed by atoms with Gasteiger partial charge in [0.05, 0.1) is 9.82 Å². The SMILES string of the molecule is CC(O)S(=O)(=O)c1ccc([N+](=O)[O-])c(O)c1.CCOCC. The van der Waals surface area contributed by atoms with Crippen LogP contribution >= 0.6 is 0 Å². The second-order valence-electron chi connectivity index (χ2n) is 3.83. The summed E-state index contributed by atoms with van der Waals surface area (Å²) in [5.74, 6) is -0.758. The number of phenols is 1. The maximum Gasteiger partial charge on any atom is 0.310 e. The van der Waals surface area contributed by atoms with E-state index < -0.39 is 31.6 Å². The molecule has 21 heavy (non-hydrogen) atoms. The summed E-state index contributed by atoms with van der Waals surface area (Å²) in [6.45, 7) is 6.72. The highest BCUT2D eigenvalue weighted by Crippen LogP contribution is 2.29. The number of nitro benzene ring substituents is 1. The monoisotopic (exact) mass is 321 g/mol. The first-order valence-electron chi connectivity index (χ1n) is 6.15. The zero-order valence-electron chi connectivity index (χ0n) is 12.0. The van der Waals surface area contributed by atoms with Gasteiger partial charge in [0.2, 0.25) is 9.84 Å². The summed E-state index contributed by atoms with van der Waals surface area (Å²) in [5.41, 5.74) is -2.24. The Kier molecular flexibility index (Phi) is 7.85. The molecule has 2 N–H and O–H groups in total. The Morgan fingerprint density at radius 2 is 1.86 bits per heavy atom. The van der Waals surface area contributed by atoms with Crippen LogP contribution in [0.2, 0.25) is 0 Å². The molecular weight excluding hydrogens is 302 g/mol. The Labute approximate surface area is 123 Å². The van der Waals surface area contributed by atoms with E-state index >= 15 is 0 Å². The number of benzene rings is 1. The maximum atomic E-state index is 11.4. The van der Waals surface area contributed by atoms with Crippen molar-refractivity contribution in [2.45, 2.75) is 31.1 Å². The van der Waals surface area contributed by atoms with E-state index in [1.165, 1.54) is 0 Å². The molecule has 0 aliphatic carbocycles. The average molecular weight is 321 g/mol.